The summed E-state index contributed by atoms with van der Waals surface area (Å²) in [7, 11) is 0. The average molecular weight is 353 g/mol. The number of amides is 1. The van der Waals surface area contributed by atoms with Gasteiger partial charge in [0.25, 0.3) is 0 Å². The average Bonchev–Trinajstić information content (AvgIpc) is 2.59. The Morgan fingerprint density at radius 2 is 1.88 bits per heavy atom. The van der Waals surface area contributed by atoms with Gasteiger partial charge in [-0.2, -0.15) is 0 Å². The number of hydrogen-bond donors (Lipinski definition) is 2. The molecule has 0 aliphatic carbocycles. The highest BCUT2D eigenvalue weighted by Crippen LogP contribution is 2.29. The van der Waals surface area contributed by atoms with Crippen LogP contribution >= 0.6 is 12.4 Å². The second-order valence-corrected chi connectivity index (χ2v) is 7.35. The van der Waals surface area contributed by atoms with Crippen LogP contribution in [0.1, 0.15) is 58.4 Å². The highest BCUT2D eigenvalue weighted by molar-refractivity contribution is 5.85. The first-order valence-corrected chi connectivity index (χ1v) is 9.09. The van der Waals surface area contributed by atoms with Crippen LogP contribution in [0.4, 0.5) is 0 Å². The Bertz CT molecular complexity index is 484. The van der Waals surface area contributed by atoms with Gasteiger partial charge in [0.05, 0.1) is 0 Å². The Morgan fingerprint density at radius 3 is 2.46 bits per heavy atom. The fourth-order valence-corrected chi connectivity index (χ4v) is 3.63. The number of nitrogens with one attached hydrogen (secondary N) is 2. The van der Waals surface area contributed by atoms with Crippen molar-refractivity contribution >= 4 is 18.3 Å². The van der Waals surface area contributed by atoms with Gasteiger partial charge in [-0.25, -0.2) is 0 Å². The van der Waals surface area contributed by atoms with Crippen molar-refractivity contribution in [2.45, 2.75) is 64.3 Å². The molecule has 0 radical (unpaired) electrons. The molecule has 2 N–H and O–H groups in total. The third-order valence-electron chi connectivity index (χ3n) is 5.37. The van der Waals surface area contributed by atoms with E-state index in [9.17, 15) is 4.79 Å². The number of halogens is 1. The Kier molecular flexibility index (Phi) is 8.79. The van der Waals surface area contributed by atoms with Crippen LogP contribution in [0.3, 0.4) is 0 Å². The monoisotopic (exact) mass is 352 g/mol. The summed E-state index contributed by atoms with van der Waals surface area (Å²) < 4.78 is 0. The maximum atomic E-state index is 12.4. The first kappa shape index (κ1) is 21.0. The smallest absolute Gasteiger partial charge is 0.220 e. The summed E-state index contributed by atoms with van der Waals surface area (Å²) in [5, 5.41) is 6.67. The van der Waals surface area contributed by atoms with Gasteiger partial charge in [0.15, 0.2) is 0 Å². The molecule has 4 heteroatoms. The van der Waals surface area contributed by atoms with Gasteiger partial charge in [-0.15, -0.1) is 12.4 Å². The number of benzene rings is 1. The third-order valence-corrected chi connectivity index (χ3v) is 5.37. The van der Waals surface area contributed by atoms with Crippen molar-refractivity contribution in [2.75, 3.05) is 13.1 Å². The molecule has 1 aliphatic heterocycles. The number of carbonyl (C=O) groups is 1. The van der Waals surface area contributed by atoms with E-state index in [0.717, 1.165) is 25.9 Å². The van der Waals surface area contributed by atoms with Crippen molar-refractivity contribution in [3.05, 3.63) is 35.9 Å². The minimum atomic E-state index is -0.0551. The van der Waals surface area contributed by atoms with Crippen LogP contribution < -0.4 is 10.6 Å². The summed E-state index contributed by atoms with van der Waals surface area (Å²) >= 11 is 0. The second-order valence-electron chi connectivity index (χ2n) is 7.35. The lowest BCUT2D eigenvalue weighted by Gasteiger charge is -2.35. The van der Waals surface area contributed by atoms with Crippen LogP contribution in [-0.4, -0.2) is 25.0 Å². The van der Waals surface area contributed by atoms with E-state index in [1.54, 1.807) is 0 Å². The Hall–Kier alpha value is -1.06. The normalized spacial score (nSPS) is 17.0. The van der Waals surface area contributed by atoms with Gasteiger partial charge < -0.3 is 10.6 Å². The van der Waals surface area contributed by atoms with Gasteiger partial charge in [0.1, 0.15) is 0 Å². The third kappa shape index (κ3) is 5.78. The lowest BCUT2D eigenvalue weighted by Crippen LogP contribution is -2.47. The molecule has 0 aromatic heterocycles. The van der Waals surface area contributed by atoms with Crippen LogP contribution in [0.5, 0.6) is 0 Å². The summed E-state index contributed by atoms with van der Waals surface area (Å²) in [5.74, 6) is 0.920. The Balaban J connectivity index is 0.00000288. The first-order chi connectivity index (χ1) is 11.0. The van der Waals surface area contributed by atoms with Gasteiger partial charge >= 0.3 is 0 Å². The summed E-state index contributed by atoms with van der Waals surface area (Å²) in [5.41, 5.74) is 1.23. The minimum absolute atomic E-state index is 0. The summed E-state index contributed by atoms with van der Waals surface area (Å²) in [6, 6.07) is 10.7. The van der Waals surface area contributed by atoms with Crippen molar-refractivity contribution in [2.24, 2.45) is 5.92 Å². The number of hydrogen-bond acceptors (Lipinski definition) is 2. The molecular formula is C20H33ClN2O. The molecule has 1 aromatic carbocycles. The zero-order valence-electron chi connectivity index (χ0n) is 15.3. The zero-order valence-corrected chi connectivity index (χ0v) is 16.1. The van der Waals surface area contributed by atoms with Gasteiger partial charge in [-0.1, -0.05) is 51.1 Å². The van der Waals surface area contributed by atoms with E-state index in [1.807, 2.05) is 6.07 Å². The lowest BCUT2D eigenvalue weighted by molar-refractivity contribution is -0.122. The molecule has 1 unspecified atom stereocenters. The summed E-state index contributed by atoms with van der Waals surface area (Å²) in [6.45, 7) is 8.81. The van der Waals surface area contributed by atoms with E-state index in [1.165, 1.54) is 18.4 Å². The standard InChI is InChI=1S/C20H32N2O.ClH/c1-4-18(20(2,3)17-8-6-5-7-9-17)22-19(23)11-10-16-12-14-21-15-13-16;/h5-9,16,18,21H,4,10-15H2,1-3H3,(H,22,23);1H. The van der Waals surface area contributed by atoms with E-state index in [2.05, 4.69) is 55.7 Å². The van der Waals surface area contributed by atoms with Crippen LogP contribution in [0, 0.1) is 5.92 Å². The van der Waals surface area contributed by atoms with Crippen molar-refractivity contribution in [1.29, 1.82) is 0 Å². The topological polar surface area (TPSA) is 41.1 Å². The number of rotatable bonds is 7. The van der Waals surface area contributed by atoms with E-state index < -0.39 is 0 Å². The van der Waals surface area contributed by atoms with Crippen molar-refractivity contribution in [3.63, 3.8) is 0 Å². The van der Waals surface area contributed by atoms with Crippen molar-refractivity contribution < 1.29 is 4.79 Å². The molecule has 1 amide bonds. The van der Waals surface area contributed by atoms with Crippen LogP contribution in [-0.2, 0) is 10.2 Å². The molecule has 24 heavy (non-hydrogen) atoms. The summed E-state index contributed by atoms with van der Waals surface area (Å²) in [6.07, 6.45) is 5.04. The fraction of sp³-hybridized carbons (Fsp3) is 0.650. The molecule has 1 aromatic rings. The van der Waals surface area contributed by atoms with Crippen LogP contribution in [0.25, 0.3) is 0 Å². The van der Waals surface area contributed by atoms with Gasteiger partial charge in [-0.05, 0) is 50.3 Å². The van der Waals surface area contributed by atoms with E-state index in [-0.39, 0.29) is 29.8 Å². The summed E-state index contributed by atoms with van der Waals surface area (Å²) in [4.78, 5) is 12.4. The Labute approximate surface area is 153 Å². The fourth-order valence-electron chi connectivity index (χ4n) is 3.63. The van der Waals surface area contributed by atoms with Crippen LogP contribution in [0.2, 0.25) is 0 Å². The maximum Gasteiger partial charge on any atom is 0.220 e. The van der Waals surface area contributed by atoms with Crippen molar-refractivity contribution in [1.82, 2.24) is 10.6 Å². The predicted octanol–water partition coefficient (Wildman–Crippen LogP) is 4.06. The molecule has 136 valence electrons. The van der Waals surface area contributed by atoms with Gasteiger partial charge in [-0.3, -0.25) is 4.79 Å². The molecule has 0 saturated carbocycles. The Morgan fingerprint density at radius 1 is 1.25 bits per heavy atom. The predicted molar refractivity (Wildman–Crippen MR) is 104 cm³/mol. The lowest BCUT2D eigenvalue weighted by atomic mass is 9.76. The molecule has 1 fully saturated rings. The minimum Gasteiger partial charge on any atom is -0.353 e. The molecule has 0 spiro atoms. The highest BCUT2D eigenvalue weighted by atomic mass is 35.5. The quantitative estimate of drug-likeness (QED) is 0.776. The molecular weight excluding hydrogens is 320 g/mol. The second kappa shape index (κ2) is 10.0. The number of carbonyl (C=O) groups excluding carboxylic acids is 1. The van der Waals surface area contributed by atoms with E-state index in [0.29, 0.717) is 12.3 Å². The van der Waals surface area contributed by atoms with Gasteiger partial charge in [0, 0.05) is 17.9 Å². The molecule has 1 saturated heterocycles. The van der Waals surface area contributed by atoms with Crippen LogP contribution in [0.15, 0.2) is 30.3 Å². The zero-order chi connectivity index (χ0) is 16.7. The molecule has 3 nitrogen and oxygen atoms in total. The molecule has 0 bridgehead atoms. The van der Waals surface area contributed by atoms with E-state index >= 15 is 0 Å². The molecule has 2 rings (SSSR count). The highest BCUT2D eigenvalue weighted by Gasteiger charge is 2.31. The first-order valence-electron chi connectivity index (χ1n) is 9.09. The molecule has 1 atom stereocenters. The van der Waals surface area contributed by atoms with E-state index in [4.69, 9.17) is 0 Å². The van der Waals surface area contributed by atoms with Gasteiger partial charge in [0.2, 0.25) is 5.91 Å². The SMILES string of the molecule is CCC(NC(=O)CCC1CCNCC1)C(C)(C)c1ccccc1.Cl. The largest absolute Gasteiger partial charge is 0.353 e. The van der Waals surface area contributed by atoms with Crippen molar-refractivity contribution in [3.8, 4) is 0 Å². The number of piperidine rings is 1. The molecule has 1 heterocycles. The maximum absolute atomic E-state index is 12.4. The molecule has 1 aliphatic rings.